The lowest BCUT2D eigenvalue weighted by atomic mass is 10.3. The van der Waals surface area contributed by atoms with Gasteiger partial charge in [0.25, 0.3) is 0 Å². The minimum atomic E-state index is 0.0509. The van der Waals surface area contributed by atoms with E-state index in [1.807, 2.05) is 18.2 Å². The molecule has 1 aromatic carbocycles. The lowest BCUT2D eigenvalue weighted by Crippen LogP contribution is -1.86. The topological polar surface area (TPSA) is 26.0 Å². The largest absolute Gasteiger partial charge is 0.398 e. The minimum Gasteiger partial charge on any atom is -0.398 e. The average molecular weight is 255 g/mol. The van der Waals surface area contributed by atoms with Gasteiger partial charge in [0.2, 0.25) is 0 Å². The molecule has 70 valence electrons. The summed E-state index contributed by atoms with van der Waals surface area (Å²) in [6.07, 6.45) is 0. The lowest BCUT2D eigenvalue weighted by molar-refractivity contribution is 1.47. The highest BCUT2D eigenvalue weighted by molar-refractivity contribution is 8.04. The number of halogens is 3. The predicted molar refractivity (Wildman–Crippen MR) is 61.3 cm³/mol. The second-order valence-electron chi connectivity index (χ2n) is 2.17. The Morgan fingerprint density at radius 1 is 1.15 bits per heavy atom. The number of anilines is 1. The molecule has 0 fully saturated rings. The van der Waals surface area contributed by atoms with Crippen LogP contribution in [0.5, 0.6) is 0 Å². The van der Waals surface area contributed by atoms with E-state index in [9.17, 15) is 0 Å². The van der Waals surface area contributed by atoms with Crippen LogP contribution in [-0.2, 0) is 0 Å². The highest BCUT2D eigenvalue weighted by atomic mass is 35.5. The Hall–Kier alpha value is -0.0200. The van der Waals surface area contributed by atoms with Crippen molar-refractivity contribution in [1.29, 1.82) is 0 Å². The van der Waals surface area contributed by atoms with Crippen molar-refractivity contribution in [2.24, 2.45) is 0 Å². The van der Waals surface area contributed by atoms with Gasteiger partial charge in [0.15, 0.2) is 0 Å². The number of benzene rings is 1. The minimum absolute atomic E-state index is 0.0509. The normalized spacial score (nSPS) is 9.77. The smallest absolute Gasteiger partial charge is 0.132 e. The van der Waals surface area contributed by atoms with Gasteiger partial charge in [-0.05, 0) is 12.1 Å². The van der Waals surface area contributed by atoms with E-state index in [1.54, 1.807) is 6.07 Å². The van der Waals surface area contributed by atoms with Gasteiger partial charge in [-0.3, -0.25) is 0 Å². The van der Waals surface area contributed by atoms with E-state index in [0.29, 0.717) is 10.1 Å². The molecule has 5 heteroatoms. The number of hydrogen-bond acceptors (Lipinski definition) is 2. The number of para-hydroxylation sites is 1. The van der Waals surface area contributed by atoms with E-state index < -0.39 is 0 Å². The summed E-state index contributed by atoms with van der Waals surface area (Å²) in [5.41, 5.74) is 6.33. The third-order valence-corrected chi connectivity index (χ3v) is 3.46. The summed E-state index contributed by atoms with van der Waals surface area (Å²) in [6, 6.07) is 7.35. The van der Waals surface area contributed by atoms with Crippen LogP contribution in [0.15, 0.2) is 38.0 Å². The number of nitrogens with two attached hydrogens (primary N) is 1. The molecule has 0 aliphatic carbocycles. The number of hydrogen-bond donors (Lipinski definition) is 1. The molecule has 1 aromatic rings. The highest BCUT2D eigenvalue weighted by Crippen LogP contribution is 2.37. The van der Waals surface area contributed by atoms with Crippen molar-refractivity contribution < 1.29 is 0 Å². The third-order valence-electron chi connectivity index (χ3n) is 1.27. The summed E-state index contributed by atoms with van der Waals surface area (Å²) < 4.78 is 0.371. The molecule has 0 aliphatic rings. The van der Waals surface area contributed by atoms with Gasteiger partial charge in [0.05, 0.1) is 0 Å². The maximum atomic E-state index is 5.75. The maximum absolute atomic E-state index is 5.75. The van der Waals surface area contributed by atoms with Crippen LogP contribution in [0, 0.1) is 0 Å². The predicted octanol–water partition coefficient (Wildman–Crippen LogP) is 4.20. The fourth-order valence-corrected chi connectivity index (χ4v) is 1.79. The average Bonchev–Trinajstić information content (AvgIpc) is 2.08. The fourth-order valence-electron chi connectivity index (χ4n) is 0.709. The van der Waals surface area contributed by atoms with Crippen LogP contribution < -0.4 is 5.73 Å². The second kappa shape index (κ2) is 5.01. The van der Waals surface area contributed by atoms with Crippen LogP contribution in [0.3, 0.4) is 0 Å². The summed E-state index contributed by atoms with van der Waals surface area (Å²) in [6.45, 7) is 0. The van der Waals surface area contributed by atoms with Crippen LogP contribution in [0.1, 0.15) is 0 Å². The van der Waals surface area contributed by atoms with E-state index in [4.69, 9.17) is 40.5 Å². The van der Waals surface area contributed by atoms with Gasteiger partial charge < -0.3 is 5.73 Å². The maximum Gasteiger partial charge on any atom is 0.132 e. The molecule has 0 spiro atoms. The van der Waals surface area contributed by atoms with Crippen LogP contribution >= 0.6 is 46.6 Å². The summed E-state index contributed by atoms with van der Waals surface area (Å²) in [5.74, 6) is 0. The van der Waals surface area contributed by atoms with Crippen LogP contribution in [-0.4, -0.2) is 0 Å². The molecule has 13 heavy (non-hydrogen) atoms. The first-order valence-electron chi connectivity index (χ1n) is 3.34. The van der Waals surface area contributed by atoms with Gasteiger partial charge in [0.1, 0.15) is 8.86 Å². The molecule has 0 bridgehead atoms. The van der Waals surface area contributed by atoms with E-state index in [2.05, 4.69) is 0 Å². The van der Waals surface area contributed by atoms with Crippen molar-refractivity contribution in [2.75, 3.05) is 5.73 Å². The van der Waals surface area contributed by atoms with Crippen molar-refractivity contribution in [1.82, 2.24) is 0 Å². The van der Waals surface area contributed by atoms with Crippen molar-refractivity contribution in [3.05, 3.63) is 33.1 Å². The van der Waals surface area contributed by atoms with Gasteiger partial charge >= 0.3 is 0 Å². The zero-order valence-corrected chi connectivity index (χ0v) is 9.51. The zero-order chi connectivity index (χ0) is 9.84. The van der Waals surface area contributed by atoms with E-state index in [1.165, 1.54) is 11.8 Å². The first kappa shape index (κ1) is 11.1. The Labute approximate surface area is 95.8 Å². The monoisotopic (exact) mass is 253 g/mol. The molecular formula is C8H6Cl3NS. The molecule has 1 nitrogen and oxygen atoms in total. The van der Waals surface area contributed by atoms with Crippen molar-refractivity contribution >= 4 is 52.3 Å². The standard InChI is InChI=1S/C8H6Cl3NS/c9-7(10)8(11)13-6-4-2-1-3-5(6)12/h1-4H,12H2. The fraction of sp³-hybridized carbons (Fsp3) is 0. The molecule has 2 N–H and O–H groups in total. The number of thioether (sulfide) groups is 1. The van der Waals surface area contributed by atoms with Crippen molar-refractivity contribution in [2.45, 2.75) is 4.90 Å². The quantitative estimate of drug-likeness (QED) is 0.632. The second-order valence-corrected chi connectivity index (χ2v) is 4.78. The first-order valence-corrected chi connectivity index (χ1v) is 5.29. The lowest BCUT2D eigenvalue weighted by Gasteiger charge is -2.02. The van der Waals surface area contributed by atoms with Crippen LogP contribution in [0.4, 0.5) is 5.69 Å². The molecule has 0 saturated carbocycles. The van der Waals surface area contributed by atoms with Crippen LogP contribution in [0.25, 0.3) is 0 Å². The first-order chi connectivity index (χ1) is 6.11. The van der Waals surface area contributed by atoms with Gasteiger partial charge in [-0.2, -0.15) is 0 Å². The molecule has 0 saturated heterocycles. The molecule has 0 atom stereocenters. The molecular weight excluding hydrogens is 249 g/mol. The van der Waals surface area contributed by atoms with E-state index in [-0.39, 0.29) is 4.49 Å². The van der Waals surface area contributed by atoms with Gasteiger partial charge in [0, 0.05) is 10.6 Å². The molecule has 0 amide bonds. The van der Waals surface area contributed by atoms with Gasteiger partial charge in [-0.1, -0.05) is 58.7 Å². The third kappa shape index (κ3) is 3.31. The molecule has 0 heterocycles. The van der Waals surface area contributed by atoms with Crippen molar-refractivity contribution in [3.8, 4) is 0 Å². The zero-order valence-electron chi connectivity index (χ0n) is 6.43. The SMILES string of the molecule is Nc1ccccc1SC(Cl)=C(Cl)Cl. The summed E-state index contributed by atoms with van der Waals surface area (Å²) in [4.78, 5) is 0.839. The Balaban J connectivity index is 2.87. The van der Waals surface area contributed by atoms with Gasteiger partial charge in [-0.25, -0.2) is 0 Å². The highest BCUT2D eigenvalue weighted by Gasteiger charge is 2.04. The summed E-state index contributed by atoms with van der Waals surface area (Å²) in [7, 11) is 0. The Morgan fingerprint density at radius 3 is 2.31 bits per heavy atom. The number of nitrogen functional groups attached to an aromatic ring is 1. The van der Waals surface area contributed by atoms with E-state index >= 15 is 0 Å². The van der Waals surface area contributed by atoms with E-state index in [0.717, 1.165) is 4.90 Å². The Bertz CT molecular complexity index is 334. The molecule has 0 unspecified atom stereocenters. The van der Waals surface area contributed by atoms with Crippen LogP contribution in [0.2, 0.25) is 0 Å². The summed E-state index contributed by atoms with van der Waals surface area (Å²) >= 11 is 17.9. The Kier molecular flexibility index (Phi) is 4.26. The summed E-state index contributed by atoms with van der Waals surface area (Å²) in [5, 5.41) is 0. The molecule has 0 aromatic heterocycles. The van der Waals surface area contributed by atoms with Gasteiger partial charge in [-0.15, -0.1) is 0 Å². The number of rotatable bonds is 2. The Morgan fingerprint density at radius 2 is 1.77 bits per heavy atom. The van der Waals surface area contributed by atoms with Crippen molar-refractivity contribution in [3.63, 3.8) is 0 Å². The molecule has 0 aliphatic heterocycles. The molecule has 1 rings (SSSR count). The molecule has 0 radical (unpaired) electrons.